The molecule has 1 nitrogen and oxygen atoms in total. The van der Waals surface area contributed by atoms with Crippen molar-refractivity contribution in [2.75, 3.05) is 0 Å². The molecule has 1 aromatic carbocycles. The lowest BCUT2D eigenvalue weighted by Gasteiger charge is -2.42. The van der Waals surface area contributed by atoms with Crippen LogP contribution in [0.25, 0.3) is 0 Å². The minimum atomic E-state index is -0.596. The largest absolute Gasteiger partial charge is 0.321 e. The van der Waals surface area contributed by atoms with Gasteiger partial charge in [-0.3, -0.25) is 0 Å². The highest BCUT2D eigenvalue weighted by atomic mass is 79.9. The Morgan fingerprint density at radius 3 is 2.72 bits per heavy atom. The van der Waals surface area contributed by atoms with Gasteiger partial charge in [0.05, 0.1) is 5.02 Å². The zero-order valence-corrected chi connectivity index (χ0v) is 13.0. The predicted octanol–water partition coefficient (Wildman–Crippen LogP) is 4.85. The molecule has 100 valence electrons. The van der Waals surface area contributed by atoms with Crippen LogP contribution in [-0.4, -0.2) is 0 Å². The Morgan fingerprint density at radius 1 is 1.44 bits per heavy atom. The summed E-state index contributed by atoms with van der Waals surface area (Å²) in [6, 6.07) is 3.54. The number of rotatable bonds is 1. The second kappa shape index (κ2) is 5.10. The molecule has 0 aromatic heterocycles. The zero-order valence-electron chi connectivity index (χ0n) is 10.6. The van der Waals surface area contributed by atoms with E-state index in [1.165, 1.54) is 0 Å². The van der Waals surface area contributed by atoms with Crippen LogP contribution in [0.3, 0.4) is 0 Å². The van der Waals surface area contributed by atoms with Crippen LogP contribution in [0.5, 0.6) is 0 Å². The molecule has 2 rings (SSSR count). The first-order valence-electron chi connectivity index (χ1n) is 6.29. The number of benzene rings is 1. The van der Waals surface area contributed by atoms with Gasteiger partial charge in [0.1, 0.15) is 5.82 Å². The number of hydrogen-bond acceptors (Lipinski definition) is 1. The van der Waals surface area contributed by atoms with E-state index in [2.05, 4.69) is 29.8 Å². The van der Waals surface area contributed by atoms with Crippen LogP contribution in [0.1, 0.15) is 38.7 Å². The maximum atomic E-state index is 14.3. The van der Waals surface area contributed by atoms with Crippen molar-refractivity contribution in [3.05, 3.63) is 33.0 Å². The average Bonchev–Trinajstić information content (AvgIpc) is 2.32. The van der Waals surface area contributed by atoms with Gasteiger partial charge in [-0.15, -0.1) is 0 Å². The summed E-state index contributed by atoms with van der Waals surface area (Å²) in [4.78, 5) is 0. The maximum absolute atomic E-state index is 14.3. The molecule has 1 aromatic rings. The number of hydrogen-bond donors (Lipinski definition) is 1. The fraction of sp³-hybridized carbons (Fsp3) is 0.571. The Hall–Kier alpha value is -0.120. The van der Waals surface area contributed by atoms with E-state index in [0.29, 0.717) is 16.0 Å². The van der Waals surface area contributed by atoms with Gasteiger partial charge < -0.3 is 5.73 Å². The van der Waals surface area contributed by atoms with Crippen LogP contribution >= 0.6 is 27.5 Å². The summed E-state index contributed by atoms with van der Waals surface area (Å²) in [6.07, 6.45) is 2.88. The normalized spacial score (nSPS) is 32.6. The van der Waals surface area contributed by atoms with Crippen LogP contribution in [0.2, 0.25) is 5.02 Å². The Morgan fingerprint density at radius 2 is 2.11 bits per heavy atom. The second-order valence-corrected chi connectivity index (χ2v) is 6.78. The number of halogens is 3. The molecule has 3 atom stereocenters. The van der Waals surface area contributed by atoms with Gasteiger partial charge in [-0.05, 0) is 53.1 Å². The predicted molar refractivity (Wildman–Crippen MR) is 77.2 cm³/mol. The lowest BCUT2D eigenvalue weighted by atomic mass is 9.67. The molecule has 0 saturated heterocycles. The van der Waals surface area contributed by atoms with Crippen molar-refractivity contribution in [3.63, 3.8) is 0 Å². The minimum Gasteiger partial charge on any atom is -0.321 e. The first-order chi connectivity index (χ1) is 8.36. The summed E-state index contributed by atoms with van der Waals surface area (Å²) in [5.41, 5.74) is 6.45. The quantitative estimate of drug-likeness (QED) is 0.730. The lowest BCUT2D eigenvalue weighted by Crippen LogP contribution is -2.47. The molecule has 0 bridgehead atoms. The van der Waals surface area contributed by atoms with Gasteiger partial charge in [-0.2, -0.15) is 0 Å². The zero-order chi connectivity index (χ0) is 13.5. The third-order valence-electron chi connectivity index (χ3n) is 4.22. The van der Waals surface area contributed by atoms with Crippen molar-refractivity contribution in [1.82, 2.24) is 0 Å². The smallest absolute Gasteiger partial charge is 0.147 e. The van der Waals surface area contributed by atoms with Crippen molar-refractivity contribution in [2.24, 2.45) is 17.6 Å². The maximum Gasteiger partial charge on any atom is 0.147 e. The average molecular weight is 335 g/mol. The molecule has 1 aliphatic carbocycles. The fourth-order valence-corrected chi connectivity index (χ4v) is 3.42. The molecule has 3 unspecified atom stereocenters. The SMILES string of the molecule is CC1CCC(N)(c2ccc(Br)c(Cl)c2F)C(C)C1. The topological polar surface area (TPSA) is 26.0 Å². The third kappa shape index (κ3) is 2.33. The van der Waals surface area contributed by atoms with E-state index < -0.39 is 5.54 Å². The molecule has 1 aliphatic rings. The molecule has 1 saturated carbocycles. The Bertz CT molecular complexity index is 465. The van der Waals surface area contributed by atoms with Gasteiger partial charge in [0.15, 0.2) is 0 Å². The van der Waals surface area contributed by atoms with E-state index in [-0.39, 0.29) is 16.8 Å². The van der Waals surface area contributed by atoms with Crippen molar-refractivity contribution in [3.8, 4) is 0 Å². The van der Waals surface area contributed by atoms with Gasteiger partial charge in [-0.1, -0.05) is 31.5 Å². The van der Waals surface area contributed by atoms with Gasteiger partial charge in [0.2, 0.25) is 0 Å². The van der Waals surface area contributed by atoms with Gasteiger partial charge in [0.25, 0.3) is 0 Å². The molecule has 0 spiro atoms. The van der Waals surface area contributed by atoms with Crippen molar-refractivity contribution in [1.29, 1.82) is 0 Å². The monoisotopic (exact) mass is 333 g/mol. The first-order valence-corrected chi connectivity index (χ1v) is 7.46. The molecule has 0 heterocycles. The molecule has 0 aliphatic heterocycles. The van der Waals surface area contributed by atoms with Crippen molar-refractivity contribution in [2.45, 2.75) is 38.6 Å². The van der Waals surface area contributed by atoms with Gasteiger partial charge in [-0.25, -0.2) is 4.39 Å². The van der Waals surface area contributed by atoms with E-state index in [9.17, 15) is 4.39 Å². The molecular weight excluding hydrogens is 317 g/mol. The van der Waals surface area contributed by atoms with Crippen LogP contribution in [0.4, 0.5) is 4.39 Å². The van der Waals surface area contributed by atoms with E-state index in [1.807, 2.05) is 0 Å². The summed E-state index contributed by atoms with van der Waals surface area (Å²) in [5, 5.41) is 0.128. The summed E-state index contributed by atoms with van der Waals surface area (Å²) in [7, 11) is 0. The van der Waals surface area contributed by atoms with Gasteiger partial charge >= 0.3 is 0 Å². The summed E-state index contributed by atoms with van der Waals surface area (Å²) in [6.45, 7) is 4.33. The lowest BCUT2D eigenvalue weighted by molar-refractivity contribution is 0.160. The van der Waals surface area contributed by atoms with E-state index >= 15 is 0 Å². The molecule has 18 heavy (non-hydrogen) atoms. The van der Waals surface area contributed by atoms with Crippen molar-refractivity contribution >= 4 is 27.5 Å². The minimum absolute atomic E-state index is 0.128. The molecule has 0 radical (unpaired) electrons. The standard InChI is InChI=1S/C14H18BrClFN/c1-8-5-6-14(18,9(2)7-8)10-3-4-11(15)12(16)13(10)17/h3-4,8-9H,5-7,18H2,1-2H3. The molecule has 2 N–H and O–H groups in total. The molecule has 1 fully saturated rings. The summed E-state index contributed by atoms with van der Waals surface area (Å²) in [5.74, 6) is 0.536. The Balaban J connectivity index is 2.44. The first kappa shape index (κ1) is 14.3. The van der Waals surface area contributed by atoms with E-state index in [4.69, 9.17) is 17.3 Å². The Labute approximate surface area is 121 Å². The molecular formula is C14H18BrClFN. The highest BCUT2D eigenvalue weighted by molar-refractivity contribution is 9.10. The second-order valence-electron chi connectivity index (χ2n) is 5.54. The summed E-state index contributed by atoms with van der Waals surface area (Å²) >= 11 is 9.20. The molecule has 4 heteroatoms. The van der Waals surface area contributed by atoms with Crippen LogP contribution in [-0.2, 0) is 5.54 Å². The van der Waals surface area contributed by atoms with E-state index in [1.54, 1.807) is 12.1 Å². The van der Waals surface area contributed by atoms with Crippen molar-refractivity contribution < 1.29 is 4.39 Å². The fourth-order valence-electron chi connectivity index (χ4n) is 2.95. The number of nitrogens with two attached hydrogens (primary N) is 1. The third-order valence-corrected chi connectivity index (χ3v) is 5.48. The van der Waals surface area contributed by atoms with E-state index in [0.717, 1.165) is 19.3 Å². The Kier molecular flexibility index (Phi) is 4.05. The van der Waals surface area contributed by atoms with Crippen LogP contribution in [0.15, 0.2) is 16.6 Å². The van der Waals surface area contributed by atoms with Crippen LogP contribution < -0.4 is 5.73 Å². The highest BCUT2D eigenvalue weighted by Crippen LogP contribution is 2.44. The summed E-state index contributed by atoms with van der Waals surface area (Å²) < 4.78 is 14.9. The molecule has 0 amide bonds. The van der Waals surface area contributed by atoms with Crippen LogP contribution in [0, 0.1) is 17.7 Å². The van der Waals surface area contributed by atoms with Gasteiger partial charge in [0, 0.05) is 15.6 Å². The highest BCUT2D eigenvalue weighted by Gasteiger charge is 2.40.